The maximum Gasteiger partial charge on any atom is 0.130 e. The Morgan fingerprint density at radius 1 is 1.11 bits per heavy atom. The molecule has 0 atom stereocenters. The number of hydrogen-bond acceptors (Lipinski definition) is 4. The Bertz CT molecular complexity index is 582. The monoisotopic (exact) mass is 273 g/mol. The second-order valence-electron chi connectivity index (χ2n) is 4.54. The van der Waals surface area contributed by atoms with E-state index < -0.39 is 0 Å². The van der Waals surface area contributed by atoms with Gasteiger partial charge >= 0.3 is 0 Å². The Morgan fingerprint density at radius 3 is 2.63 bits per heavy atom. The number of anilines is 1. The summed E-state index contributed by atoms with van der Waals surface area (Å²) in [7, 11) is 0. The molecular formula is C15H19N3S. The molecule has 0 aliphatic heterocycles. The molecule has 0 aliphatic rings. The van der Waals surface area contributed by atoms with Crippen molar-refractivity contribution in [3.63, 3.8) is 0 Å². The Labute approximate surface area is 118 Å². The summed E-state index contributed by atoms with van der Waals surface area (Å²) in [5.41, 5.74) is 2.54. The van der Waals surface area contributed by atoms with Crippen LogP contribution < -0.4 is 5.32 Å². The smallest absolute Gasteiger partial charge is 0.130 e. The first kappa shape index (κ1) is 13.9. The standard InChI is InChI=1S/C15H19N3S/c1-5-16-14-9-15(18-12(4)17-14)19-13-8-10(2)6-7-11(13)3/h6-9H,5H2,1-4H3,(H,16,17,18). The number of nitrogens with one attached hydrogen (secondary N) is 1. The van der Waals surface area contributed by atoms with Crippen LogP contribution in [0.2, 0.25) is 0 Å². The minimum atomic E-state index is 0.797. The van der Waals surface area contributed by atoms with Crippen LogP contribution in [0.25, 0.3) is 0 Å². The van der Waals surface area contributed by atoms with Gasteiger partial charge in [-0.25, -0.2) is 9.97 Å². The lowest BCUT2D eigenvalue weighted by Gasteiger charge is -2.09. The van der Waals surface area contributed by atoms with Gasteiger partial charge in [-0.05, 0) is 44.9 Å². The Morgan fingerprint density at radius 2 is 1.89 bits per heavy atom. The SMILES string of the molecule is CCNc1cc(Sc2cc(C)ccc2C)nc(C)n1. The van der Waals surface area contributed by atoms with Crippen molar-refractivity contribution in [3.8, 4) is 0 Å². The van der Waals surface area contributed by atoms with Crippen LogP contribution in [0.4, 0.5) is 5.82 Å². The van der Waals surface area contributed by atoms with Crippen LogP contribution in [0.1, 0.15) is 23.9 Å². The summed E-state index contributed by atoms with van der Waals surface area (Å²) >= 11 is 1.69. The molecule has 0 aliphatic carbocycles. The third-order valence-corrected chi connectivity index (χ3v) is 3.81. The van der Waals surface area contributed by atoms with E-state index in [1.165, 1.54) is 16.0 Å². The molecule has 0 bridgehead atoms. The molecule has 0 fully saturated rings. The molecule has 0 unspecified atom stereocenters. The first-order valence-electron chi connectivity index (χ1n) is 6.43. The van der Waals surface area contributed by atoms with Gasteiger partial charge in [0.05, 0.1) is 0 Å². The van der Waals surface area contributed by atoms with Crippen molar-refractivity contribution >= 4 is 17.6 Å². The number of hydrogen-bond donors (Lipinski definition) is 1. The molecule has 100 valence electrons. The van der Waals surface area contributed by atoms with E-state index in [-0.39, 0.29) is 0 Å². The van der Waals surface area contributed by atoms with Crippen LogP contribution in [0.5, 0.6) is 0 Å². The summed E-state index contributed by atoms with van der Waals surface area (Å²) < 4.78 is 0. The van der Waals surface area contributed by atoms with E-state index in [1.54, 1.807) is 11.8 Å². The van der Waals surface area contributed by atoms with Gasteiger partial charge in [-0.3, -0.25) is 0 Å². The van der Waals surface area contributed by atoms with Crippen LogP contribution in [0.3, 0.4) is 0 Å². The van der Waals surface area contributed by atoms with Crippen molar-refractivity contribution in [1.29, 1.82) is 0 Å². The van der Waals surface area contributed by atoms with E-state index in [1.807, 2.05) is 13.0 Å². The average Bonchev–Trinajstić information content (AvgIpc) is 2.33. The van der Waals surface area contributed by atoms with Crippen LogP contribution in [0, 0.1) is 20.8 Å². The van der Waals surface area contributed by atoms with Crippen molar-refractivity contribution in [3.05, 3.63) is 41.2 Å². The number of nitrogens with zero attached hydrogens (tertiary/aromatic N) is 2. The molecule has 1 aromatic heterocycles. The topological polar surface area (TPSA) is 37.8 Å². The van der Waals surface area contributed by atoms with Gasteiger partial charge in [0.1, 0.15) is 16.7 Å². The normalized spacial score (nSPS) is 10.5. The fraction of sp³-hybridized carbons (Fsp3) is 0.333. The van der Waals surface area contributed by atoms with Crippen molar-refractivity contribution in [2.75, 3.05) is 11.9 Å². The lowest BCUT2D eigenvalue weighted by Crippen LogP contribution is -2.02. The summed E-state index contributed by atoms with van der Waals surface area (Å²) in [5, 5.41) is 4.22. The van der Waals surface area contributed by atoms with Gasteiger partial charge < -0.3 is 5.32 Å². The van der Waals surface area contributed by atoms with Crippen molar-refractivity contribution in [2.45, 2.75) is 37.6 Å². The molecule has 0 radical (unpaired) electrons. The molecule has 0 saturated carbocycles. The molecule has 3 nitrogen and oxygen atoms in total. The zero-order valence-electron chi connectivity index (χ0n) is 11.8. The summed E-state index contributed by atoms with van der Waals surface area (Å²) in [4.78, 5) is 10.1. The molecule has 1 aromatic carbocycles. The largest absolute Gasteiger partial charge is 0.370 e. The van der Waals surface area contributed by atoms with E-state index in [0.717, 1.165) is 23.2 Å². The minimum Gasteiger partial charge on any atom is -0.370 e. The molecule has 1 heterocycles. The maximum absolute atomic E-state index is 4.49. The Balaban J connectivity index is 2.29. The van der Waals surface area contributed by atoms with Gasteiger partial charge in [-0.15, -0.1) is 0 Å². The van der Waals surface area contributed by atoms with Crippen LogP contribution in [-0.2, 0) is 0 Å². The molecule has 0 saturated heterocycles. The van der Waals surface area contributed by atoms with Gasteiger partial charge in [0.2, 0.25) is 0 Å². The highest BCUT2D eigenvalue weighted by atomic mass is 32.2. The number of rotatable bonds is 4. The summed E-state index contributed by atoms with van der Waals surface area (Å²) in [6.45, 7) is 9.09. The summed E-state index contributed by atoms with van der Waals surface area (Å²) in [5.74, 6) is 1.69. The average molecular weight is 273 g/mol. The quantitative estimate of drug-likeness (QED) is 0.855. The molecule has 19 heavy (non-hydrogen) atoms. The highest BCUT2D eigenvalue weighted by Gasteiger charge is 2.06. The summed E-state index contributed by atoms with van der Waals surface area (Å²) in [6.07, 6.45) is 0. The van der Waals surface area contributed by atoms with Crippen LogP contribution in [-0.4, -0.2) is 16.5 Å². The maximum atomic E-state index is 4.49. The van der Waals surface area contributed by atoms with Gasteiger partial charge in [-0.1, -0.05) is 23.9 Å². The first-order valence-corrected chi connectivity index (χ1v) is 7.25. The van der Waals surface area contributed by atoms with Gasteiger partial charge in [0, 0.05) is 17.5 Å². The predicted octanol–water partition coefficient (Wildman–Crippen LogP) is 3.98. The second kappa shape index (κ2) is 6.06. The molecule has 0 spiro atoms. The number of aryl methyl sites for hydroxylation is 3. The summed E-state index contributed by atoms with van der Waals surface area (Å²) in [6, 6.07) is 8.49. The first-order chi connectivity index (χ1) is 9.08. The number of aromatic nitrogens is 2. The minimum absolute atomic E-state index is 0.797. The fourth-order valence-electron chi connectivity index (χ4n) is 1.79. The van der Waals surface area contributed by atoms with E-state index in [0.29, 0.717) is 0 Å². The van der Waals surface area contributed by atoms with E-state index in [2.05, 4.69) is 54.3 Å². The zero-order valence-corrected chi connectivity index (χ0v) is 12.6. The van der Waals surface area contributed by atoms with Gasteiger partial charge in [0.15, 0.2) is 0 Å². The van der Waals surface area contributed by atoms with Crippen LogP contribution >= 0.6 is 11.8 Å². The van der Waals surface area contributed by atoms with Crippen molar-refractivity contribution in [2.24, 2.45) is 0 Å². The second-order valence-corrected chi connectivity index (χ2v) is 5.60. The lowest BCUT2D eigenvalue weighted by molar-refractivity contribution is 0.960. The fourth-order valence-corrected chi connectivity index (χ4v) is 2.84. The van der Waals surface area contributed by atoms with Gasteiger partial charge in [0.25, 0.3) is 0 Å². The highest BCUT2D eigenvalue weighted by molar-refractivity contribution is 7.99. The van der Waals surface area contributed by atoms with Crippen molar-refractivity contribution < 1.29 is 0 Å². The highest BCUT2D eigenvalue weighted by Crippen LogP contribution is 2.30. The molecule has 2 rings (SSSR count). The molecule has 4 heteroatoms. The molecular weight excluding hydrogens is 254 g/mol. The van der Waals surface area contributed by atoms with E-state index >= 15 is 0 Å². The van der Waals surface area contributed by atoms with Crippen molar-refractivity contribution in [1.82, 2.24) is 9.97 Å². The van der Waals surface area contributed by atoms with Crippen LogP contribution in [0.15, 0.2) is 34.2 Å². The third kappa shape index (κ3) is 3.70. The van der Waals surface area contributed by atoms with Gasteiger partial charge in [-0.2, -0.15) is 0 Å². The Kier molecular flexibility index (Phi) is 4.43. The van der Waals surface area contributed by atoms with E-state index in [4.69, 9.17) is 0 Å². The molecule has 1 N–H and O–H groups in total. The van der Waals surface area contributed by atoms with E-state index in [9.17, 15) is 0 Å². The number of benzene rings is 1. The third-order valence-electron chi connectivity index (χ3n) is 2.73. The lowest BCUT2D eigenvalue weighted by atomic mass is 10.2. The molecule has 2 aromatic rings. The zero-order chi connectivity index (χ0) is 13.8. The molecule has 0 amide bonds. The Hall–Kier alpha value is -1.55. The predicted molar refractivity (Wildman–Crippen MR) is 81.0 cm³/mol.